The molecule has 11 heteroatoms. The fourth-order valence-electron chi connectivity index (χ4n) is 2.86. The van der Waals surface area contributed by atoms with Crippen molar-refractivity contribution in [3.05, 3.63) is 44.1 Å². The molecule has 1 aromatic carbocycles. The van der Waals surface area contributed by atoms with Crippen molar-refractivity contribution in [3.8, 4) is 11.5 Å². The second-order valence-electron chi connectivity index (χ2n) is 6.47. The number of fused-ring (bicyclic) bond motifs is 2. The van der Waals surface area contributed by atoms with Crippen LogP contribution in [-0.2, 0) is 11.3 Å². The third-order valence-electron chi connectivity index (χ3n) is 4.38. The van der Waals surface area contributed by atoms with Gasteiger partial charge in [0.1, 0.15) is 6.54 Å². The number of hydrogen-bond donors (Lipinski definition) is 4. The molecule has 0 aliphatic carbocycles. The van der Waals surface area contributed by atoms with Gasteiger partial charge in [-0.3, -0.25) is 14.6 Å². The first kappa shape index (κ1) is 20.1. The summed E-state index contributed by atoms with van der Waals surface area (Å²) in [6.45, 7) is 3.94. The van der Waals surface area contributed by atoms with Gasteiger partial charge < -0.3 is 19.7 Å². The Labute approximate surface area is 160 Å². The molecule has 0 fully saturated rings. The van der Waals surface area contributed by atoms with Crippen LogP contribution < -0.4 is 16.6 Å². The number of aromatic amines is 1. The van der Waals surface area contributed by atoms with Crippen LogP contribution in [0.25, 0.3) is 22.6 Å². The van der Waals surface area contributed by atoms with E-state index in [0.717, 1.165) is 11.1 Å². The van der Waals surface area contributed by atoms with Gasteiger partial charge >= 0.3 is 5.69 Å². The molecule has 0 saturated heterocycles. The lowest BCUT2D eigenvalue weighted by atomic mass is 10.1. The molecule has 0 bridgehead atoms. The SMILES string of the molecule is Cc1cc2nc3c(=O)[nH]c(=O)nc-3n(CC(=O)NCCCP(O)O)c2cc1C. The summed E-state index contributed by atoms with van der Waals surface area (Å²) in [6.07, 6.45) is 0.632. The summed E-state index contributed by atoms with van der Waals surface area (Å²) < 4.78 is 1.50. The minimum atomic E-state index is -1.99. The predicted octanol–water partition coefficient (Wildman–Crippen LogP) is 0.00424. The number of aryl methyl sites for hydroxylation is 2. The Morgan fingerprint density at radius 2 is 1.93 bits per heavy atom. The first-order chi connectivity index (χ1) is 13.3. The molecular weight excluding hydrogens is 385 g/mol. The molecule has 2 aliphatic rings. The van der Waals surface area contributed by atoms with Gasteiger partial charge in [-0.2, -0.15) is 4.98 Å². The van der Waals surface area contributed by atoms with Crippen molar-refractivity contribution in [2.75, 3.05) is 12.7 Å². The van der Waals surface area contributed by atoms with Gasteiger partial charge in [0.05, 0.1) is 11.0 Å². The normalized spacial score (nSPS) is 11.5. The fraction of sp³-hybridized carbons (Fsp3) is 0.353. The zero-order valence-electron chi connectivity index (χ0n) is 15.4. The summed E-state index contributed by atoms with van der Waals surface area (Å²) in [6, 6.07) is 3.65. The number of nitrogens with zero attached hydrogens (tertiary/aromatic N) is 3. The molecule has 1 amide bonds. The van der Waals surface area contributed by atoms with E-state index in [1.165, 1.54) is 4.57 Å². The van der Waals surface area contributed by atoms with Crippen molar-refractivity contribution in [1.29, 1.82) is 0 Å². The van der Waals surface area contributed by atoms with Gasteiger partial charge in [-0.15, -0.1) is 0 Å². The number of rotatable bonds is 6. The van der Waals surface area contributed by atoms with Crippen molar-refractivity contribution in [2.45, 2.75) is 26.8 Å². The number of carbonyl (C=O) groups is 1. The van der Waals surface area contributed by atoms with E-state index in [9.17, 15) is 14.4 Å². The predicted molar refractivity (Wildman–Crippen MR) is 104 cm³/mol. The minimum Gasteiger partial charge on any atom is -0.355 e. The minimum absolute atomic E-state index is 0.0191. The molecular formula is C17H20N5O5P. The van der Waals surface area contributed by atoms with E-state index in [2.05, 4.69) is 20.3 Å². The Morgan fingerprint density at radius 1 is 1.21 bits per heavy atom. The van der Waals surface area contributed by atoms with E-state index in [4.69, 9.17) is 9.79 Å². The van der Waals surface area contributed by atoms with Crippen LogP contribution in [0.5, 0.6) is 0 Å². The number of nitrogens with one attached hydrogen (secondary N) is 2. The number of aromatic nitrogens is 4. The molecule has 4 N–H and O–H groups in total. The van der Waals surface area contributed by atoms with Gasteiger partial charge in [0, 0.05) is 12.7 Å². The average Bonchev–Trinajstić information content (AvgIpc) is 2.61. The Morgan fingerprint density at radius 3 is 2.64 bits per heavy atom. The second kappa shape index (κ2) is 8.14. The van der Waals surface area contributed by atoms with E-state index in [0.29, 0.717) is 17.5 Å². The first-order valence-corrected chi connectivity index (χ1v) is 10.0. The van der Waals surface area contributed by atoms with Crippen LogP contribution >= 0.6 is 8.38 Å². The average molecular weight is 405 g/mol. The number of H-pyrrole nitrogens is 1. The maximum absolute atomic E-state index is 12.4. The molecule has 3 rings (SSSR count). The van der Waals surface area contributed by atoms with E-state index in [1.54, 1.807) is 0 Å². The van der Waals surface area contributed by atoms with E-state index >= 15 is 0 Å². The zero-order valence-corrected chi connectivity index (χ0v) is 16.3. The highest BCUT2D eigenvalue weighted by Gasteiger charge is 2.20. The lowest BCUT2D eigenvalue weighted by Gasteiger charge is -2.17. The van der Waals surface area contributed by atoms with Crippen molar-refractivity contribution in [1.82, 2.24) is 24.8 Å². The van der Waals surface area contributed by atoms with Crippen molar-refractivity contribution in [2.24, 2.45) is 0 Å². The summed E-state index contributed by atoms with van der Waals surface area (Å²) in [7, 11) is -1.99. The van der Waals surface area contributed by atoms with E-state index < -0.39 is 19.6 Å². The first-order valence-electron chi connectivity index (χ1n) is 8.60. The van der Waals surface area contributed by atoms with Crippen LogP contribution in [0.2, 0.25) is 0 Å². The summed E-state index contributed by atoms with van der Waals surface area (Å²) in [5.41, 5.74) is 1.55. The highest BCUT2D eigenvalue weighted by molar-refractivity contribution is 7.45. The van der Waals surface area contributed by atoms with Crippen LogP contribution in [0.3, 0.4) is 0 Å². The van der Waals surface area contributed by atoms with Gasteiger partial charge in [-0.1, -0.05) is 0 Å². The van der Waals surface area contributed by atoms with E-state index in [-0.39, 0.29) is 36.7 Å². The number of amides is 1. The standard InChI is InChI=1S/C17H20N5O5P/c1-9-6-11-12(7-10(9)2)22(8-13(23)18-4-3-5-28(26)27)15-14(19-11)16(24)21-17(25)20-15/h6-7,26-27H,3-5,8H2,1-2H3,(H,18,23)(H,21,24,25). The molecule has 2 heterocycles. The molecule has 0 atom stereocenters. The molecule has 148 valence electrons. The Hall–Kier alpha value is -2.68. The molecule has 0 aromatic heterocycles. The summed E-state index contributed by atoms with van der Waals surface area (Å²) in [5, 5.41) is 2.69. The van der Waals surface area contributed by atoms with E-state index in [1.807, 2.05) is 26.0 Å². The van der Waals surface area contributed by atoms with Crippen molar-refractivity contribution in [3.63, 3.8) is 0 Å². The Kier molecular flexibility index (Phi) is 5.83. The third kappa shape index (κ3) is 4.24. The van der Waals surface area contributed by atoms with Crippen LogP contribution in [0.4, 0.5) is 0 Å². The molecule has 0 unspecified atom stereocenters. The molecule has 2 aliphatic heterocycles. The van der Waals surface area contributed by atoms with Crippen molar-refractivity contribution >= 4 is 25.3 Å². The van der Waals surface area contributed by atoms with Gasteiger partial charge in [0.15, 0.2) is 19.9 Å². The Bertz CT molecular complexity index is 1120. The maximum Gasteiger partial charge on any atom is 0.349 e. The highest BCUT2D eigenvalue weighted by atomic mass is 31.2. The molecule has 1 aromatic rings. The summed E-state index contributed by atoms with van der Waals surface area (Å²) in [5.74, 6) is -0.319. The smallest absolute Gasteiger partial charge is 0.349 e. The van der Waals surface area contributed by atoms with Gasteiger partial charge in [-0.25, -0.2) is 9.78 Å². The zero-order chi connectivity index (χ0) is 20.4. The summed E-state index contributed by atoms with van der Waals surface area (Å²) in [4.78, 5) is 64.4. The van der Waals surface area contributed by atoms with Gasteiger partial charge in [0.25, 0.3) is 5.56 Å². The largest absolute Gasteiger partial charge is 0.355 e. The lowest BCUT2D eigenvalue weighted by Crippen LogP contribution is -2.33. The number of hydrogen-bond acceptors (Lipinski definition) is 7. The third-order valence-corrected chi connectivity index (χ3v) is 5.10. The number of carbonyl (C=O) groups excluding carboxylic acids is 1. The molecule has 0 saturated carbocycles. The van der Waals surface area contributed by atoms with Crippen molar-refractivity contribution < 1.29 is 14.6 Å². The van der Waals surface area contributed by atoms with Gasteiger partial charge in [0.2, 0.25) is 5.91 Å². The van der Waals surface area contributed by atoms with Crippen LogP contribution in [-0.4, -0.2) is 47.9 Å². The monoisotopic (exact) mass is 405 g/mol. The van der Waals surface area contributed by atoms with Crippen LogP contribution in [0.1, 0.15) is 17.5 Å². The van der Waals surface area contributed by atoms with Gasteiger partial charge in [-0.05, 0) is 43.5 Å². The second-order valence-corrected chi connectivity index (χ2v) is 7.66. The Balaban J connectivity index is 2.05. The molecule has 10 nitrogen and oxygen atoms in total. The summed E-state index contributed by atoms with van der Waals surface area (Å²) >= 11 is 0. The molecule has 0 spiro atoms. The lowest BCUT2D eigenvalue weighted by molar-refractivity contribution is -0.121. The topological polar surface area (TPSA) is 150 Å². The fourth-order valence-corrected chi connectivity index (χ4v) is 3.30. The molecule has 28 heavy (non-hydrogen) atoms. The molecule has 0 radical (unpaired) electrons. The van der Waals surface area contributed by atoms with Crippen LogP contribution in [0.15, 0.2) is 21.7 Å². The number of benzene rings is 1. The maximum atomic E-state index is 12.4. The highest BCUT2D eigenvalue weighted by Crippen LogP contribution is 2.24. The van der Waals surface area contributed by atoms with Crippen LogP contribution in [0, 0.1) is 13.8 Å². The quantitative estimate of drug-likeness (QED) is 0.256.